The monoisotopic (exact) mass is 302 g/mol. The van der Waals surface area contributed by atoms with Gasteiger partial charge in [0.15, 0.2) is 5.78 Å². The lowest BCUT2D eigenvalue weighted by Gasteiger charge is -2.22. The Bertz CT molecular complexity index is 441. The quantitative estimate of drug-likeness (QED) is 0.779. The van der Waals surface area contributed by atoms with E-state index < -0.39 is 11.2 Å². The summed E-state index contributed by atoms with van der Waals surface area (Å²) in [4.78, 5) is 12.3. The maximum atomic E-state index is 13.3. The minimum atomic E-state index is -0.482. The first kappa shape index (κ1) is 14.2. The van der Waals surface area contributed by atoms with Crippen LogP contribution in [0.4, 0.5) is 4.39 Å². The summed E-state index contributed by atoms with van der Waals surface area (Å²) in [6.07, 6.45) is 0.712. The summed E-state index contributed by atoms with van der Waals surface area (Å²) in [7, 11) is 1.43. The van der Waals surface area contributed by atoms with Gasteiger partial charge in [-0.05, 0) is 28.4 Å². The molecule has 4 heteroatoms. The highest BCUT2D eigenvalue weighted by Gasteiger charge is 2.29. The smallest absolute Gasteiger partial charge is 0.172 e. The molecule has 1 aromatic carbocycles. The SMILES string of the molecule is CCC(C)(C)C(=O)c1cc(Br)c(F)cc1OC. The van der Waals surface area contributed by atoms with Gasteiger partial charge in [0.1, 0.15) is 11.6 Å². The van der Waals surface area contributed by atoms with Crippen LogP contribution in [0.25, 0.3) is 0 Å². The molecule has 0 radical (unpaired) electrons. The Morgan fingerprint density at radius 3 is 2.53 bits per heavy atom. The second-order valence-electron chi connectivity index (χ2n) is 4.53. The van der Waals surface area contributed by atoms with Crippen molar-refractivity contribution in [2.75, 3.05) is 7.11 Å². The highest BCUT2D eigenvalue weighted by Crippen LogP contribution is 2.33. The maximum absolute atomic E-state index is 13.3. The summed E-state index contributed by atoms with van der Waals surface area (Å²) in [5.74, 6) is -0.206. The van der Waals surface area contributed by atoms with E-state index in [2.05, 4.69) is 15.9 Å². The molecule has 0 fully saturated rings. The zero-order valence-electron chi connectivity index (χ0n) is 10.4. The van der Waals surface area contributed by atoms with E-state index in [0.717, 1.165) is 0 Å². The van der Waals surface area contributed by atoms with E-state index in [1.807, 2.05) is 20.8 Å². The average Bonchev–Trinajstić information content (AvgIpc) is 2.31. The van der Waals surface area contributed by atoms with Crippen molar-refractivity contribution in [1.82, 2.24) is 0 Å². The minimum absolute atomic E-state index is 0.0439. The molecule has 0 unspecified atom stereocenters. The largest absolute Gasteiger partial charge is 0.496 e. The molecule has 2 nitrogen and oxygen atoms in total. The number of methoxy groups -OCH3 is 1. The van der Waals surface area contributed by atoms with Crippen LogP contribution in [0.2, 0.25) is 0 Å². The van der Waals surface area contributed by atoms with E-state index in [4.69, 9.17) is 4.74 Å². The Balaban J connectivity index is 3.31. The summed E-state index contributed by atoms with van der Waals surface area (Å²) < 4.78 is 18.7. The van der Waals surface area contributed by atoms with Crippen LogP contribution in [-0.2, 0) is 0 Å². The minimum Gasteiger partial charge on any atom is -0.496 e. The number of carbonyl (C=O) groups excluding carboxylic acids is 1. The molecule has 0 aliphatic carbocycles. The molecule has 1 aromatic rings. The van der Waals surface area contributed by atoms with E-state index in [9.17, 15) is 9.18 Å². The Hall–Kier alpha value is -0.900. The van der Waals surface area contributed by atoms with Crippen LogP contribution >= 0.6 is 15.9 Å². The van der Waals surface area contributed by atoms with E-state index in [1.54, 1.807) is 0 Å². The topological polar surface area (TPSA) is 26.3 Å². The van der Waals surface area contributed by atoms with E-state index in [-0.39, 0.29) is 16.0 Å². The van der Waals surface area contributed by atoms with Gasteiger partial charge in [0, 0.05) is 11.5 Å². The number of benzene rings is 1. The first-order chi connectivity index (χ1) is 7.83. The second-order valence-corrected chi connectivity index (χ2v) is 5.39. The Morgan fingerprint density at radius 2 is 2.06 bits per heavy atom. The molecule has 0 aliphatic heterocycles. The van der Waals surface area contributed by atoms with Crippen molar-refractivity contribution < 1.29 is 13.9 Å². The summed E-state index contributed by atoms with van der Waals surface area (Å²) in [6.45, 7) is 5.68. The molecule has 0 bridgehead atoms. The highest BCUT2D eigenvalue weighted by molar-refractivity contribution is 9.10. The molecule has 0 saturated carbocycles. The van der Waals surface area contributed by atoms with Gasteiger partial charge in [-0.2, -0.15) is 0 Å². The number of ketones is 1. The molecule has 0 spiro atoms. The number of hydrogen-bond donors (Lipinski definition) is 0. The van der Waals surface area contributed by atoms with Crippen molar-refractivity contribution >= 4 is 21.7 Å². The molecule has 0 N–H and O–H groups in total. The number of Topliss-reactive ketones (excluding diaryl/α,β-unsaturated/α-hetero) is 1. The normalized spacial score (nSPS) is 11.4. The third-order valence-corrected chi connectivity index (χ3v) is 3.59. The van der Waals surface area contributed by atoms with Gasteiger partial charge in [0.25, 0.3) is 0 Å². The maximum Gasteiger partial charge on any atom is 0.172 e. The Kier molecular flexibility index (Phi) is 4.31. The number of hydrogen-bond acceptors (Lipinski definition) is 2. The van der Waals surface area contributed by atoms with Crippen molar-refractivity contribution in [3.63, 3.8) is 0 Å². The zero-order chi connectivity index (χ0) is 13.2. The van der Waals surface area contributed by atoms with Gasteiger partial charge in [0.2, 0.25) is 0 Å². The van der Waals surface area contributed by atoms with Gasteiger partial charge >= 0.3 is 0 Å². The molecule has 0 atom stereocenters. The Labute approximate surface area is 109 Å². The zero-order valence-corrected chi connectivity index (χ0v) is 12.0. The number of ether oxygens (including phenoxy) is 1. The van der Waals surface area contributed by atoms with Crippen LogP contribution in [0.3, 0.4) is 0 Å². The average molecular weight is 303 g/mol. The summed E-state index contributed by atoms with van der Waals surface area (Å²) in [6, 6.07) is 2.71. The van der Waals surface area contributed by atoms with Crippen LogP contribution in [0.5, 0.6) is 5.75 Å². The molecule has 0 saturated heterocycles. The lowest BCUT2D eigenvalue weighted by molar-refractivity contribution is 0.0829. The van der Waals surface area contributed by atoms with Crippen LogP contribution in [0.1, 0.15) is 37.6 Å². The second kappa shape index (κ2) is 5.17. The first-order valence-electron chi connectivity index (χ1n) is 5.41. The van der Waals surface area contributed by atoms with Crippen molar-refractivity contribution in [3.05, 3.63) is 28.0 Å². The van der Waals surface area contributed by atoms with Gasteiger partial charge in [-0.15, -0.1) is 0 Å². The molecule has 0 amide bonds. The molecule has 17 heavy (non-hydrogen) atoms. The van der Waals surface area contributed by atoms with Gasteiger partial charge in [-0.25, -0.2) is 4.39 Å². The summed E-state index contributed by atoms with van der Waals surface area (Å²) in [5, 5.41) is 0. The van der Waals surface area contributed by atoms with Gasteiger partial charge in [0.05, 0.1) is 17.1 Å². The molecule has 94 valence electrons. The fourth-order valence-corrected chi connectivity index (χ4v) is 1.74. The standard InChI is InChI=1S/C13H16BrFO2/c1-5-13(2,3)12(16)8-6-9(14)10(15)7-11(8)17-4/h6-7H,5H2,1-4H3. The number of carbonyl (C=O) groups is 1. The molecule has 0 aliphatic rings. The van der Waals surface area contributed by atoms with Crippen LogP contribution in [0, 0.1) is 11.2 Å². The predicted octanol–water partition coefficient (Wildman–Crippen LogP) is 4.22. The van der Waals surface area contributed by atoms with E-state index in [0.29, 0.717) is 12.0 Å². The fourth-order valence-electron chi connectivity index (χ4n) is 1.40. The molecular weight excluding hydrogens is 287 g/mol. The third-order valence-electron chi connectivity index (χ3n) is 2.99. The third kappa shape index (κ3) is 2.86. The number of rotatable bonds is 4. The molecule has 0 heterocycles. The van der Waals surface area contributed by atoms with Crippen molar-refractivity contribution in [2.45, 2.75) is 27.2 Å². The van der Waals surface area contributed by atoms with E-state index >= 15 is 0 Å². The molecule has 1 rings (SSSR count). The first-order valence-corrected chi connectivity index (χ1v) is 6.20. The fraction of sp³-hybridized carbons (Fsp3) is 0.462. The van der Waals surface area contributed by atoms with Gasteiger partial charge < -0.3 is 4.74 Å². The number of halogens is 2. The van der Waals surface area contributed by atoms with E-state index in [1.165, 1.54) is 19.2 Å². The van der Waals surface area contributed by atoms with Crippen molar-refractivity contribution in [3.8, 4) is 5.75 Å². The summed E-state index contributed by atoms with van der Waals surface area (Å²) >= 11 is 3.08. The highest BCUT2D eigenvalue weighted by atomic mass is 79.9. The Morgan fingerprint density at radius 1 is 1.47 bits per heavy atom. The molecular formula is C13H16BrFO2. The van der Waals surface area contributed by atoms with Gasteiger partial charge in [-0.1, -0.05) is 20.8 Å². The predicted molar refractivity (Wildman–Crippen MR) is 69.1 cm³/mol. The lowest BCUT2D eigenvalue weighted by Crippen LogP contribution is -2.24. The van der Waals surface area contributed by atoms with Gasteiger partial charge in [-0.3, -0.25) is 4.79 Å². The van der Waals surface area contributed by atoms with Crippen molar-refractivity contribution in [1.29, 1.82) is 0 Å². The van der Waals surface area contributed by atoms with Crippen LogP contribution in [0.15, 0.2) is 16.6 Å². The van der Waals surface area contributed by atoms with Crippen LogP contribution in [-0.4, -0.2) is 12.9 Å². The summed E-state index contributed by atoms with van der Waals surface area (Å²) in [5.41, 5.74) is -0.0718. The lowest BCUT2D eigenvalue weighted by atomic mass is 9.82. The van der Waals surface area contributed by atoms with Crippen LogP contribution < -0.4 is 4.74 Å². The van der Waals surface area contributed by atoms with Crippen molar-refractivity contribution in [2.24, 2.45) is 5.41 Å². The molecule has 0 aromatic heterocycles.